The Hall–Kier alpha value is -3.41. The Morgan fingerprint density at radius 1 is 1.13 bits per heavy atom. The van der Waals surface area contributed by atoms with Crippen molar-refractivity contribution < 1.29 is 14.7 Å². The predicted octanol–water partition coefficient (Wildman–Crippen LogP) is 2.91. The summed E-state index contributed by atoms with van der Waals surface area (Å²) in [5.74, 6) is -1.40. The number of hydrogen-bond donors (Lipinski definition) is 3. The van der Waals surface area contributed by atoms with Gasteiger partial charge >= 0.3 is 5.97 Å². The van der Waals surface area contributed by atoms with Crippen LogP contribution in [-0.2, 0) is 4.79 Å². The maximum absolute atomic E-state index is 11.9. The number of nitrogens with one attached hydrogen (secondary N) is 2. The van der Waals surface area contributed by atoms with E-state index in [1.54, 1.807) is 18.2 Å². The number of carbonyl (C=O) groups is 2. The Morgan fingerprint density at radius 3 is 2.78 bits per heavy atom. The van der Waals surface area contributed by atoms with Crippen LogP contribution in [0.5, 0.6) is 0 Å². The molecular formula is C17H13N3O3. The molecule has 0 radical (unpaired) electrons. The van der Waals surface area contributed by atoms with Gasteiger partial charge in [0.15, 0.2) is 0 Å². The predicted molar refractivity (Wildman–Crippen MR) is 87.2 cm³/mol. The first kappa shape index (κ1) is 14.5. The molecule has 1 heterocycles. The molecule has 2 aromatic carbocycles. The fourth-order valence-corrected chi connectivity index (χ4v) is 2.18. The molecule has 6 heteroatoms. The maximum Gasteiger partial charge on any atom is 0.335 e. The van der Waals surface area contributed by atoms with E-state index in [2.05, 4.69) is 15.5 Å². The highest BCUT2D eigenvalue weighted by molar-refractivity contribution is 6.03. The van der Waals surface area contributed by atoms with Crippen molar-refractivity contribution in [3.63, 3.8) is 0 Å². The highest BCUT2D eigenvalue weighted by Gasteiger charge is 2.05. The zero-order valence-corrected chi connectivity index (χ0v) is 12.0. The third-order valence-electron chi connectivity index (χ3n) is 3.27. The average molecular weight is 307 g/mol. The molecule has 0 bridgehead atoms. The van der Waals surface area contributed by atoms with Gasteiger partial charge in [0.2, 0.25) is 5.91 Å². The van der Waals surface area contributed by atoms with Crippen molar-refractivity contribution in [1.82, 2.24) is 10.2 Å². The van der Waals surface area contributed by atoms with Crippen molar-refractivity contribution in [3.8, 4) is 0 Å². The van der Waals surface area contributed by atoms with Crippen LogP contribution in [0, 0.1) is 0 Å². The van der Waals surface area contributed by atoms with Crippen LogP contribution >= 0.6 is 0 Å². The number of aromatic nitrogens is 2. The van der Waals surface area contributed by atoms with E-state index in [0.29, 0.717) is 11.4 Å². The van der Waals surface area contributed by atoms with E-state index in [9.17, 15) is 9.59 Å². The van der Waals surface area contributed by atoms with Crippen LogP contribution in [0.2, 0.25) is 0 Å². The van der Waals surface area contributed by atoms with Gasteiger partial charge in [-0.3, -0.25) is 9.89 Å². The molecule has 0 aliphatic heterocycles. The second-order valence-corrected chi connectivity index (χ2v) is 4.86. The number of para-hydroxylation sites is 1. The van der Waals surface area contributed by atoms with Crippen LogP contribution in [0.4, 0.5) is 5.69 Å². The first-order chi connectivity index (χ1) is 11.1. The second-order valence-electron chi connectivity index (χ2n) is 4.86. The summed E-state index contributed by atoms with van der Waals surface area (Å²) in [6, 6.07) is 13.7. The van der Waals surface area contributed by atoms with Gasteiger partial charge in [0.25, 0.3) is 0 Å². The molecule has 114 valence electrons. The molecule has 0 aliphatic carbocycles. The Balaban J connectivity index is 1.74. The number of anilines is 1. The van der Waals surface area contributed by atoms with E-state index in [-0.39, 0.29) is 11.5 Å². The number of carboxylic acid groups (broad SMARTS) is 1. The Labute approximate surface area is 131 Å². The van der Waals surface area contributed by atoms with Gasteiger partial charge in [-0.2, -0.15) is 5.10 Å². The molecule has 0 saturated heterocycles. The van der Waals surface area contributed by atoms with Crippen LogP contribution in [0.25, 0.3) is 17.0 Å². The molecule has 23 heavy (non-hydrogen) atoms. The largest absolute Gasteiger partial charge is 0.478 e. The SMILES string of the molecule is O=C(C=Cc1n[nH]c2ccccc12)Nc1cccc(C(=O)O)c1. The molecule has 0 fully saturated rings. The highest BCUT2D eigenvalue weighted by atomic mass is 16.4. The first-order valence-corrected chi connectivity index (χ1v) is 6.89. The lowest BCUT2D eigenvalue weighted by atomic mass is 10.2. The van der Waals surface area contributed by atoms with Gasteiger partial charge in [-0.05, 0) is 30.3 Å². The monoisotopic (exact) mass is 307 g/mol. The Kier molecular flexibility index (Phi) is 3.88. The summed E-state index contributed by atoms with van der Waals surface area (Å²) >= 11 is 0. The quantitative estimate of drug-likeness (QED) is 0.646. The Morgan fingerprint density at radius 2 is 1.96 bits per heavy atom. The van der Waals surface area contributed by atoms with Gasteiger partial charge in [-0.15, -0.1) is 0 Å². The summed E-state index contributed by atoms with van der Waals surface area (Å²) in [5, 5.41) is 19.5. The van der Waals surface area contributed by atoms with Gasteiger partial charge in [0, 0.05) is 17.1 Å². The van der Waals surface area contributed by atoms with E-state index >= 15 is 0 Å². The second kappa shape index (κ2) is 6.15. The van der Waals surface area contributed by atoms with E-state index in [0.717, 1.165) is 10.9 Å². The van der Waals surface area contributed by atoms with Gasteiger partial charge in [-0.25, -0.2) is 4.79 Å². The van der Waals surface area contributed by atoms with Crippen molar-refractivity contribution in [2.24, 2.45) is 0 Å². The topological polar surface area (TPSA) is 95.1 Å². The van der Waals surface area contributed by atoms with Crippen LogP contribution in [0.1, 0.15) is 16.1 Å². The number of fused-ring (bicyclic) bond motifs is 1. The molecule has 0 atom stereocenters. The van der Waals surface area contributed by atoms with Crippen LogP contribution in [0.3, 0.4) is 0 Å². The molecule has 0 spiro atoms. The summed E-state index contributed by atoms with van der Waals surface area (Å²) in [6.07, 6.45) is 2.96. The van der Waals surface area contributed by atoms with Crippen LogP contribution in [0.15, 0.2) is 54.6 Å². The number of carbonyl (C=O) groups excluding carboxylic acids is 1. The van der Waals surface area contributed by atoms with Gasteiger partial charge in [0.05, 0.1) is 16.8 Å². The van der Waals surface area contributed by atoms with Gasteiger partial charge in [0.1, 0.15) is 0 Å². The molecule has 6 nitrogen and oxygen atoms in total. The lowest BCUT2D eigenvalue weighted by molar-refractivity contribution is -0.111. The molecule has 1 aromatic heterocycles. The molecule has 3 rings (SSSR count). The maximum atomic E-state index is 11.9. The summed E-state index contributed by atoms with van der Waals surface area (Å²) < 4.78 is 0. The molecule has 0 saturated carbocycles. The molecule has 0 unspecified atom stereocenters. The van der Waals surface area contributed by atoms with Crippen molar-refractivity contribution >= 4 is 34.5 Å². The van der Waals surface area contributed by atoms with Crippen LogP contribution in [-0.4, -0.2) is 27.2 Å². The third-order valence-corrected chi connectivity index (χ3v) is 3.27. The molecular weight excluding hydrogens is 294 g/mol. The minimum atomic E-state index is -1.04. The molecule has 3 N–H and O–H groups in total. The van der Waals surface area contributed by atoms with Crippen LogP contribution < -0.4 is 5.32 Å². The van der Waals surface area contributed by atoms with Gasteiger partial charge < -0.3 is 10.4 Å². The zero-order chi connectivity index (χ0) is 16.2. The normalized spacial score (nSPS) is 11.0. The number of carboxylic acids is 1. The minimum Gasteiger partial charge on any atom is -0.478 e. The summed E-state index contributed by atoms with van der Waals surface area (Å²) in [5.41, 5.74) is 2.09. The summed E-state index contributed by atoms with van der Waals surface area (Å²) in [7, 11) is 0. The number of benzene rings is 2. The number of hydrogen-bond acceptors (Lipinski definition) is 3. The van der Waals surface area contributed by atoms with E-state index in [4.69, 9.17) is 5.11 Å². The molecule has 1 amide bonds. The third kappa shape index (κ3) is 3.26. The number of H-pyrrole nitrogens is 1. The van der Waals surface area contributed by atoms with Gasteiger partial charge in [-0.1, -0.05) is 24.3 Å². The highest BCUT2D eigenvalue weighted by Crippen LogP contribution is 2.16. The first-order valence-electron chi connectivity index (χ1n) is 6.89. The Bertz CT molecular complexity index is 912. The van der Waals surface area contributed by atoms with Crippen molar-refractivity contribution in [2.75, 3.05) is 5.32 Å². The standard InChI is InChI=1S/C17H13N3O3/c21-16(18-12-5-3-4-11(10-12)17(22)23)9-8-15-13-6-1-2-7-14(13)19-20-15/h1-10H,(H,18,21)(H,19,20)(H,22,23). The van der Waals surface area contributed by atoms with Crippen molar-refractivity contribution in [1.29, 1.82) is 0 Å². The fourth-order valence-electron chi connectivity index (χ4n) is 2.18. The fraction of sp³-hybridized carbons (Fsp3) is 0. The van der Waals surface area contributed by atoms with Crippen molar-refractivity contribution in [2.45, 2.75) is 0 Å². The van der Waals surface area contributed by atoms with E-state index in [1.807, 2.05) is 24.3 Å². The number of amides is 1. The smallest absolute Gasteiger partial charge is 0.335 e. The molecule has 0 aliphatic rings. The summed E-state index contributed by atoms with van der Waals surface area (Å²) in [6.45, 7) is 0. The average Bonchev–Trinajstić information content (AvgIpc) is 2.96. The minimum absolute atomic E-state index is 0.116. The van der Waals surface area contributed by atoms with Crippen molar-refractivity contribution in [3.05, 3.63) is 65.9 Å². The number of nitrogens with zero attached hydrogens (tertiary/aromatic N) is 1. The molecule has 3 aromatic rings. The number of rotatable bonds is 4. The zero-order valence-electron chi connectivity index (χ0n) is 12.0. The van der Waals surface area contributed by atoms with E-state index in [1.165, 1.54) is 18.2 Å². The number of aromatic carboxylic acids is 1. The lowest BCUT2D eigenvalue weighted by Gasteiger charge is -2.02. The van der Waals surface area contributed by atoms with E-state index < -0.39 is 5.97 Å². The number of aromatic amines is 1. The lowest BCUT2D eigenvalue weighted by Crippen LogP contribution is -2.08. The summed E-state index contributed by atoms with van der Waals surface area (Å²) in [4.78, 5) is 22.8.